The molecule has 0 saturated carbocycles. The van der Waals surface area contributed by atoms with Crippen molar-refractivity contribution in [2.45, 2.75) is 46.0 Å². The molecular weight excluding hydrogens is 336 g/mol. The van der Waals surface area contributed by atoms with Crippen molar-refractivity contribution in [3.05, 3.63) is 65.2 Å². The Balaban J connectivity index is 2.02. The topological polar surface area (TPSA) is 49.4 Å². The van der Waals surface area contributed by atoms with Crippen LogP contribution in [-0.4, -0.2) is 30.3 Å². The Morgan fingerprint density at radius 2 is 1.48 bits per heavy atom. The fourth-order valence-corrected chi connectivity index (χ4v) is 2.74. The van der Waals surface area contributed by atoms with Gasteiger partial charge in [0.2, 0.25) is 0 Å². The highest BCUT2D eigenvalue weighted by Gasteiger charge is 2.14. The van der Waals surface area contributed by atoms with E-state index in [2.05, 4.69) is 33.0 Å². The van der Waals surface area contributed by atoms with Crippen molar-refractivity contribution in [2.24, 2.45) is 0 Å². The molecule has 0 heterocycles. The highest BCUT2D eigenvalue weighted by Crippen LogP contribution is 2.23. The molecule has 0 saturated heterocycles. The molecular formula is C23H30N2O2. The molecule has 2 rings (SSSR count). The van der Waals surface area contributed by atoms with Gasteiger partial charge in [-0.1, -0.05) is 46.2 Å². The zero-order chi connectivity index (χ0) is 20.0. The standard InChI is InChI=1S/C23H30N2O2/c1-6-7-16-25(5)22(27)18-10-8-17(9-11-18)21(26)24-20-14-12-19(13-15-20)23(2,3)4/h8-15H,6-7,16H2,1-5H3,(H,24,26). The first-order chi connectivity index (χ1) is 12.7. The monoisotopic (exact) mass is 366 g/mol. The van der Waals surface area contributed by atoms with E-state index in [1.54, 1.807) is 36.2 Å². The van der Waals surface area contributed by atoms with Gasteiger partial charge in [-0.3, -0.25) is 9.59 Å². The minimum Gasteiger partial charge on any atom is -0.342 e. The van der Waals surface area contributed by atoms with Gasteiger partial charge in [0.15, 0.2) is 0 Å². The first-order valence-electron chi connectivity index (χ1n) is 9.50. The van der Waals surface area contributed by atoms with Crippen molar-refractivity contribution in [2.75, 3.05) is 18.9 Å². The van der Waals surface area contributed by atoms with Crippen molar-refractivity contribution < 1.29 is 9.59 Å². The van der Waals surface area contributed by atoms with Crippen molar-refractivity contribution in [3.8, 4) is 0 Å². The summed E-state index contributed by atoms with van der Waals surface area (Å²) < 4.78 is 0. The molecule has 0 aliphatic carbocycles. The van der Waals surface area contributed by atoms with Crippen molar-refractivity contribution in [1.82, 2.24) is 4.90 Å². The zero-order valence-electron chi connectivity index (χ0n) is 17.0. The van der Waals surface area contributed by atoms with Gasteiger partial charge in [0, 0.05) is 30.4 Å². The molecule has 0 aliphatic rings. The van der Waals surface area contributed by atoms with Gasteiger partial charge < -0.3 is 10.2 Å². The zero-order valence-corrected chi connectivity index (χ0v) is 17.0. The van der Waals surface area contributed by atoms with E-state index in [1.165, 1.54) is 5.56 Å². The molecule has 1 N–H and O–H groups in total. The van der Waals surface area contributed by atoms with Gasteiger partial charge in [0.1, 0.15) is 0 Å². The molecule has 0 fully saturated rings. The third-order valence-corrected chi connectivity index (χ3v) is 4.60. The molecule has 4 nitrogen and oxygen atoms in total. The summed E-state index contributed by atoms with van der Waals surface area (Å²) in [6.07, 6.45) is 2.03. The number of nitrogens with zero attached hydrogens (tertiary/aromatic N) is 1. The largest absolute Gasteiger partial charge is 0.342 e. The molecule has 2 amide bonds. The summed E-state index contributed by atoms with van der Waals surface area (Å²) in [6.45, 7) is 9.31. The highest BCUT2D eigenvalue weighted by molar-refractivity contribution is 6.05. The second kappa shape index (κ2) is 8.85. The van der Waals surface area contributed by atoms with E-state index >= 15 is 0 Å². The van der Waals surface area contributed by atoms with E-state index in [0.717, 1.165) is 25.1 Å². The van der Waals surface area contributed by atoms with Gasteiger partial charge in [0.25, 0.3) is 11.8 Å². The summed E-state index contributed by atoms with van der Waals surface area (Å²) in [5, 5.41) is 2.90. The molecule has 2 aromatic rings. The molecule has 2 aromatic carbocycles. The number of benzene rings is 2. The van der Waals surface area contributed by atoms with Crippen molar-refractivity contribution >= 4 is 17.5 Å². The minimum atomic E-state index is -0.183. The highest BCUT2D eigenvalue weighted by atomic mass is 16.2. The third-order valence-electron chi connectivity index (χ3n) is 4.60. The summed E-state index contributed by atoms with van der Waals surface area (Å²) in [5.41, 5.74) is 3.18. The maximum absolute atomic E-state index is 12.4. The molecule has 27 heavy (non-hydrogen) atoms. The number of anilines is 1. The van der Waals surface area contributed by atoms with E-state index < -0.39 is 0 Å². The van der Waals surface area contributed by atoms with Crippen LogP contribution in [0.15, 0.2) is 48.5 Å². The Bertz CT molecular complexity index is 772. The quantitative estimate of drug-likeness (QED) is 0.772. The number of hydrogen-bond donors (Lipinski definition) is 1. The van der Waals surface area contributed by atoms with E-state index in [4.69, 9.17) is 0 Å². The molecule has 0 atom stereocenters. The van der Waals surface area contributed by atoms with Crippen LogP contribution in [0.4, 0.5) is 5.69 Å². The second-order valence-corrected chi connectivity index (χ2v) is 7.94. The smallest absolute Gasteiger partial charge is 0.255 e. The van der Waals surface area contributed by atoms with Crippen LogP contribution < -0.4 is 5.32 Å². The Labute approximate surface area is 162 Å². The lowest BCUT2D eigenvalue weighted by molar-refractivity contribution is 0.0792. The van der Waals surface area contributed by atoms with Gasteiger partial charge in [-0.15, -0.1) is 0 Å². The van der Waals surface area contributed by atoms with Crippen LogP contribution in [0.3, 0.4) is 0 Å². The van der Waals surface area contributed by atoms with E-state index in [0.29, 0.717) is 11.1 Å². The molecule has 144 valence electrons. The number of rotatable bonds is 6. The van der Waals surface area contributed by atoms with Gasteiger partial charge >= 0.3 is 0 Å². The summed E-state index contributed by atoms with van der Waals surface area (Å²) in [4.78, 5) is 26.5. The van der Waals surface area contributed by atoms with Crippen LogP contribution in [0.25, 0.3) is 0 Å². The molecule has 0 aliphatic heterocycles. The summed E-state index contributed by atoms with van der Waals surface area (Å²) in [7, 11) is 1.81. The van der Waals surface area contributed by atoms with Crippen LogP contribution in [0.5, 0.6) is 0 Å². The summed E-state index contributed by atoms with van der Waals surface area (Å²) in [6, 6.07) is 14.7. The first-order valence-corrected chi connectivity index (χ1v) is 9.50. The summed E-state index contributed by atoms with van der Waals surface area (Å²) >= 11 is 0. The van der Waals surface area contributed by atoms with Crippen molar-refractivity contribution in [1.29, 1.82) is 0 Å². The Hall–Kier alpha value is -2.62. The van der Waals surface area contributed by atoms with Gasteiger partial charge in [-0.25, -0.2) is 0 Å². The number of amides is 2. The summed E-state index contributed by atoms with van der Waals surface area (Å²) in [5.74, 6) is -0.204. The average molecular weight is 367 g/mol. The minimum absolute atomic E-state index is 0.0202. The number of unbranched alkanes of at least 4 members (excludes halogenated alkanes) is 1. The molecule has 0 unspecified atom stereocenters. The number of hydrogen-bond acceptors (Lipinski definition) is 2. The normalized spacial score (nSPS) is 11.1. The average Bonchev–Trinajstić information content (AvgIpc) is 2.65. The van der Waals surface area contributed by atoms with Gasteiger partial charge in [-0.2, -0.15) is 0 Å². The molecule has 4 heteroatoms. The third kappa shape index (κ3) is 5.68. The Morgan fingerprint density at radius 1 is 0.926 bits per heavy atom. The maximum Gasteiger partial charge on any atom is 0.255 e. The van der Waals surface area contributed by atoms with Crippen molar-refractivity contribution in [3.63, 3.8) is 0 Å². The number of carbonyl (C=O) groups is 2. The van der Waals surface area contributed by atoms with Crippen LogP contribution in [0, 0.1) is 0 Å². The Kier molecular flexibility index (Phi) is 6.78. The van der Waals surface area contributed by atoms with E-state index in [-0.39, 0.29) is 17.2 Å². The predicted octanol–water partition coefficient (Wildman–Crippen LogP) is 5.11. The fourth-order valence-electron chi connectivity index (χ4n) is 2.74. The molecule has 0 aromatic heterocycles. The number of carbonyl (C=O) groups excluding carboxylic acids is 2. The van der Waals surface area contributed by atoms with E-state index in [1.807, 2.05) is 24.3 Å². The SMILES string of the molecule is CCCCN(C)C(=O)c1ccc(C(=O)Nc2ccc(C(C)(C)C)cc2)cc1. The number of nitrogens with one attached hydrogen (secondary N) is 1. The lowest BCUT2D eigenvalue weighted by Crippen LogP contribution is -2.27. The van der Waals surface area contributed by atoms with Crippen LogP contribution in [-0.2, 0) is 5.41 Å². The molecule has 0 bridgehead atoms. The predicted molar refractivity (Wildman–Crippen MR) is 111 cm³/mol. The van der Waals surface area contributed by atoms with Crippen LogP contribution >= 0.6 is 0 Å². The van der Waals surface area contributed by atoms with Gasteiger partial charge in [-0.05, 0) is 53.8 Å². The Morgan fingerprint density at radius 3 is 2.00 bits per heavy atom. The molecule has 0 radical (unpaired) electrons. The first kappa shape index (κ1) is 20.7. The second-order valence-electron chi connectivity index (χ2n) is 7.94. The van der Waals surface area contributed by atoms with Gasteiger partial charge in [0.05, 0.1) is 0 Å². The lowest BCUT2D eigenvalue weighted by atomic mass is 9.87. The molecule has 0 spiro atoms. The van der Waals surface area contributed by atoms with E-state index in [9.17, 15) is 9.59 Å². The lowest BCUT2D eigenvalue weighted by Gasteiger charge is -2.19. The maximum atomic E-state index is 12.4. The fraction of sp³-hybridized carbons (Fsp3) is 0.391. The van der Waals surface area contributed by atoms with Crippen LogP contribution in [0.1, 0.15) is 66.8 Å². The van der Waals surface area contributed by atoms with Crippen LogP contribution in [0.2, 0.25) is 0 Å².